The van der Waals surface area contributed by atoms with Crippen LogP contribution in [0.5, 0.6) is 0 Å². The van der Waals surface area contributed by atoms with Crippen molar-refractivity contribution in [3.8, 4) is 51.0 Å². The van der Waals surface area contributed by atoms with E-state index in [1.165, 1.54) is 39.0 Å². The molecule has 0 N–H and O–H groups in total. The Morgan fingerprint density at radius 1 is 0.509 bits per heavy atom. The molecule has 2 unspecified atom stereocenters. The van der Waals surface area contributed by atoms with E-state index >= 15 is 0 Å². The number of benzene rings is 6. The van der Waals surface area contributed by atoms with Gasteiger partial charge in [-0.1, -0.05) is 133 Å². The lowest BCUT2D eigenvalue weighted by atomic mass is 9.82. The topological polar surface area (TPSA) is 60.0 Å². The lowest BCUT2D eigenvalue weighted by Gasteiger charge is -2.32. The van der Waals surface area contributed by atoms with Crippen LogP contribution in [0, 0.1) is 0 Å². The Kier molecular flexibility index (Phi) is 5.80. The Labute approximate surface area is 305 Å². The number of para-hydroxylation sites is 3. The molecule has 6 nitrogen and oxygen atoms in total. The molecule has 9 aromatic rings. The number of fused-ring (bicyclic) bond motifs is 8. The second-order valence-corrected chi connectivity index (χ2v) is 13.9. The highest BCUT2D eigenvalue weighted by atomic mass is 16.3. The summed E-state index contributed by atoms with van der Waals surface area (Å²) in [7, 11) is 0. The summed E-state index contributed by atoms with van der Waals surface area (Å²) in [5, 5.41) is 2.32. The minimum atomic E-state index is 0.00200. The van der Waals surface area contributed by atoms with Crippen LogP contribution in [-0.2, 0) is 0 Å². The number of aromatic nitrogens is 4. The van der Waals surface area contributed by atoms with E-state index in [0.29, 0.717) is 17.5 Å². The van der Waals surface area contributed by atoms with Crippen LogP contribution >= 0.6 is 0 Å². The number of anilines is 2. The molecule has 5 heterocycles. The Morgan fingerprint density at radius 3 is 1.89 bits per heavy atom. The highest BCUT2D eigenvalue weighted by Gasteiger charge is 2.48. The van der Waals surface area contributed by atoms with Gasteiger partial charge in [-0.25, -0.2) is 15.0 Å². The van der Waals surface area contributed by atoms with Crippen molar-refractivity contribution in [3.63, 3.8) is 0 Å². The van der Waals surface area contributed by atoms with Crippen LogP contribution in [0.4, 0.5) is 11.4 Å². The first-order valence-electron chi connectivity index (χ1n) is 18.0. The van der Waals surface area contributed by atoms with Crippen LogP contribution in [-0.4, -0.2) is 25.6 Å². The fourth-order valence-corrected chi connectivity index (χ4v) is 9.01. The van der Waals surface area contributed by atoms with E-state index in [0.717, 1.165) is 44.7 Å². The molecular weight excluding hydrogens is 651 g/mol. The molecule has 2 aliphatic heterocycles. The Hall–Kier alpha value is -7.05. The first-order valence-corrected chi connectivity index (χ1v) is 18.0. The van der Waals surface area contributed by atoms with Crippen LogP contribution in [0.1, 0.15) is 22.7 Å². The van der Waals surface area contributed by atoms with Crippen molar-refractivity contribution in [3.05, 3.63) is 175 Å². The maximum absolute atomic E-state index is 6.75. The maximum atomic E-state index is 6.75. The van der Waals surface area contributed by atoms with Crippen molar-refractivity contribution >= 4 is 39.5 Å². The largest absolute Gasteiger partial charge is 0.439 e. The fraction of sp³-hybridized carbons (Fsp3) is 0.0426. The summed E-state index contributed by atoms with van der Waals surface area (Å²) < 4.78 is 9.16. The molecule has 12 rings (SSSR count). The normalized spacial score (nSPS) is 16.2. The fourth-order valence-electron chi connectivity index (χ4n) is 9.01. The van der Waals surface area contributed by atoms with E-state index in [9.17, 15) is 0 Å². The smallest absolute Gasteiger partial charge is 0.213 e. The van der Waals surface area contributed by atoms with Crippen molar-refractivity contribution < 1.29 is 4.42 Å². The number of nitrogens with zero attached hydrogens (tertiary/aromatic N) is 5. The van der Waals surface area contributed by atoms with Gasteiger partial charge in [-0.15, -0.1) is 0 Å². The zero-order valence-electron chi connectivity index (χ0n) is 28.4. The first kappa shape index (κ1) is 28.6. The maximum Gasteiger partial charge on any atom is 0.213 e. The number of furan rings is 1. The van der Waals surface area contributed by atoms with E-state index in [-0.39, 0.29) is 12.0 Å². The van der Waals surface area contributed by atoms with E-state index in [4.69, 9.17) is 19.4 Å². The second-order valence-electron chi connectivity index (χ2n) is 13.9. The average molecular weight is 680 g/mol. The molecule has 6 heteroatoms. The summed E-state index contributed by atoms with van der Waals surface area (Å²) in [6.07, 6.45) is 4.73. The van der Waals surface area contributed by atoms with Crippen molar-refractivity contribution in [2.75, 3.05) is 4.90 Å². The van der Waals surface area contributed by atoms with Crippen LogP contribution in [0.25, 0.3) is 79.1 Å². The number of rotatable bonds is 4. The van der Waals surface area contributed by atoms with Crippen LogP contribution < -0.4 is 4.90 Å². The van der Waals surface area contributed by atoms with Gasteiger partial charge in [-0.3, -0.25) is 4.57 Å². The van der Waals surface area contributed by atoms with Gasteiger partial charge in [0.05, 0.1) is 28.7 Å². The predicted octanol–water partition coefficient (Wildman–Crippen LogP) is 11.2. The number of hydrogen-bond acceptors (Lipinski definition) is 5. The molecule has 0 amide bonds. The van der Waals surface area contributed by atoms with Gasteiger partial charge in [0.2, 0.25) is 5.71 Å². The molecule has 6 aromatic carbocycles. The molecule has 2 atom stereocenters. The SMILES string of the molecule is C1=CC2C3c4c(cccc4N2c2ccccc2-c2nc(-c4ccccc4)nc(-c4ccccc4)n2)-c2ccccc2-n2c3c1c1c3ccccc3oc12. The van der Waals surface area contributed by atoms with Gasteiger partial charge < -0.3 is 9.32 Å². The molecule has 0 saturated heterocycles. The van der Waals surface area contributed by atoms with Gasteiger partial charge in [0.1, 0.15) is 5.58 Å². The zero-order valence-corrected chi connectivity index (χ0v) is 28.4. The third kappa shape index (κ3) is 3.95. The van der Waals surface area contributed by atoms with Crippen LogP contribution in [0.2, 0.25) is 0 Å². The van der Waals surface area contributed by atoms with E-state index in [2.05, 4.69) is 131 Å². The predicted molar refractivity (Wildman–Crippen MR) is 211 cm³/mol. The summed E-state index contributed by atoms with van der Waals surface area (Å²) >= 11 is 0. The first-order chi connectivity index (χ1) is 26.3. The van der Waals surface area contributed by atoms with Gasteiger partial charge in [0.25, 0.3) is 0 Å². The summed E-state index contributed by atoms with van der Waals surface area (Å²) in [6.45, 7) is 0. The minimum absolute atomic E-state index is 0.00200. The highest BCUT2D eigenvalue weighted by Crippen LogP contribution is 2.59. The van der Waals surface area contributed by atoms with Gasteiger partial charge in [0.15, 0.2) is 17.5 Å². The third-order valence-electron chi connectivity index (χ3n) is 11.2. The molecular formula is C47H29N5O. The molecule has 0 bridgehead atoms. The molecule has 3 aliphatic rings. The van der Waals surface area contributed by atoms with Crippen LogP contribution in [0.3, 0.4) is 0 Å². The van der Waals surface area contributed by atoms with Gasteiger partial charge in [0, 0.05) is 44.6 Å². The molecule has 53 heavy (non-hydrogen) atoms. The quantitative estimate of drug-likeness (QED) is 0.185. The van der Waals surface area contributed by atoms with E-state index < -0.39 is 0 Å². The molecule has 0 spiro atoms. The zero-order chi connectivity index (χ0) is 34.6. The summed E-state index contributed by atoms with van der Waals surface area (Å²) in [4.78, 5) is 17.8. The summed E-state index contributed by atoms with van der Waals surface area (Å²) in [5.74, 6) is 1.99. The monoisotopic (exact) mass is 679 g/mol. The molecule has 0 saturated carbocycles. The Morgan fingerprint density at radius 2 is 1.11 bits per heavy atom. The van der Waals surface area contributed by atoms with Gasteiger partial charge in [-0.05, 0) is 41.5 Å². The lowest BCUT2D eigenvalue weighted by Crippen LogP contribution is -2.31. The van der Waals surface area contributed by atoms with Crippen molar-refractivity contribution in [1.29, 1.82) is 0 Å². The van der Waals surface area contributed by atoms with Gasteiger partial charge >= 0.3 is 0 Å². The van der Waals surface area contributed by atoms with E-state index in [1.807, 2.05) is 42.5 Å². The number of hydrogen-bond donors (Lipinski definition) is 0. The summed E-state index contributed by atoms with van der Waals surface area (Å²) in [6, 6.07) is 52.8. The molecule has 3 aromatic heterocycles. The Bertz CT molecular complexity index is 2920. The molecule has 1 aliphatic carbocycles. The highest BCUT2D eigenvalue weighted by molar-refractivity contribution is 6.11. The van der Waals surface area contributed by atoms with Crippen molar-refractivity contribution in [2.24, 2.45) is 0 Å². The third-order valence-corrected chi connectivity index (χ3v) is 11.2. The lowest BCUT2D eigenvalue weighted by molar-refractivity contribution is 0.627. The molecule has 0 radical (unpaired) electrons. The molecule has 248 valence electrons. The Balaban J connectivity index is 1.12. The standard InChI is InChI=1S/C47H29N5O/c1-3-14-28(15-4-1)44-48-45(29-16-5-2-6-17-29)50-46(49-44)32-19-8-11-23-36(32)51-37-24-13-21-31-30-18-7-10-22-35(30)52-43-34(26-27-38(51)42(43)41(31)37)40-33-20-9-12-25-39(33)53-47(40)52/h1-27,38,42H. The van der Waals surface area contributed by atoms with E-state index in [1.54, 1.807) is 0 Å². The van der Waals surface area contributed by atoms with Crippen molar-refractivity contribution in [2.45, 2.75) is 12.0 Å². The summed E-state index contributed by atoms with van der Waals surface area (Å²) in [5.41, 5.74) is 14.3. The van der Waals surface area contributed by atoms with Crippen molar-refractivity contribution in [1.82, 2.24) is 19.5 Å². The average Bonchev–Trinajstić information content (AvgIpc) is 3.85. The van der Waals surface area contributed by atoms with Gasteiger partial charge in [-0.2, -0.15) is 0 Å². The molecule has 0 fully saturated rings. The van der Waals surface area contributed by atoms with Crippen LogP contribution in [0.15, 0.2) is 162 Å². The minimum Gasteiger partial charge on any atom is -0.439 e. The second kappa shape index (κ2) is 10.7.